The molecule has 0 radical (unpaired) electrons. The molecule has 3 rings (SSSR count). The number of halogens is 2. The summed E-state index contributed by atoms with van der Waals surface area (Å²) >= 11 is 5.81. The zero-order valence-electron chi connectivity index (χ0n) is 16.3. The highest BCUT2D eigenvalue weighted by Crippen LogP contribution is 2.21. The van der Waals surface area contributed by atoms with E-state index in [1.54, 1.807) is 36.1 Å². The van der Waals surface area contributed by atoms with Gasteiger partial charge >= 0.3 is 0 Å². The predicted molar refractivity (Wildman–Crippen MR) is 111 cm³/mol. The van der Waals surface area contributed by atoms with E-state index >= 15 is 0 Å². The van der Waals surface area contributed by atoms with Crippen LogP contribution in [0.25, 0.3) is 0 Å². The largest absolute Gasteiger partial charge is 0.341 e. The van der Waals surface area contributed by atoms with Gasteiger partial charge in [0.2, 0.25) is 15.9 Å². The lowest BCUT2D eigenvalue weighted by Crippen LogP contribution is -2.40. The van der Waals surface area contributed by atoms with Gasteiger partial charge in [-0.15, -0.1) is 0 Å². The number of aryl methyl sites for hydroxylation is 1. The van der Waals surface area contributed by atoms with Gasteiger partial charge in [0, 0.05) is 31.5 Å². The average Bonchev–Trinajstić information content (AvgIpc) is 3.13. The summed E-state index contributed by atoms with van der Waals surface area (Å²) in [4.78, 5) is 17.0. The summed E-state index contributed by atoms with van der Waals surface area (Å²) in [6.07, 6.45) is 3.30. The Morgan fingerprint density at radius 2 is 1.83 bits per heavy atom. The normalized spacial score (nSPS) is 12.7. The number of sulfonamides is 1. The minimum absolute atomic E-state index is 0.0291. The van der Waals surface area contributed by atoms with E-state index in [0.29, 0.717) is 16.4 Å². The summed E-state index contributed by atoms with van der Waals surface area (Å²) in [6.45, 7) is -0.410. The molecule has 0 aliphatic rings. The summed E-state index contributed by atoms with van der Waals surface area (Å²) in [6, 6.07) is 10.7. The molecule has 0 aliphatic heterocycles. The van der Waals surface area contributed by atoms with Crippen LogP contribution < -0.4 is 5.32 Å². The van der Waals surface area contributed by atoms with Crippen LogP contribution in [0.4, 0.5) is 4.39 Å². The van der Waals surface area contributed by atoms with Gasteiger partial charge in [-0.05, 0) is 42.0 Å². The molecule has 3 aromatic rings. The topological polar surface area (TPSA) is 84.3 Å². The highest BCUT2D eigenvalue weighted by Gasteiger charge is 2.26. The molecule has 0 saturated heterocycles. The molecule has 0 aliphatic carbocycles. The smallest absolute Gasteiger partial charge is 0.243 e. The molecule has 0 bridgehead atoms. The number of benzene rings is 2. The number of imidazole rings is 1. The summed E-state index contributed by atoms with van der Waals surface area (Å²) in [5.74, 6) is -0.414. The molecular formula is C20H20ClFN4O3S. The summed E-state index contributed by atoms with van der Waals surface area (Å²) in [5.41, 5.74) is 0.613. The van der Waals surface area contributed by atoms with Crippen molar-refractivity contribution in [3.8, 4) is 0 Å². The second-order valence-electron chi connectivity index (χ2n) is 6.66. The van der Waals surface area contributed by atoms with Crippen LogP contribution in [0.1, 0.15) is 17.4 Å². The fraction of sp³-hybridized carbons (Fsp3) is 0.200. The molecule has 158 valence electrons. The highest BCUT2D eigenvalue weighted by atomic mass is 35.5. The quantitative estimate of drug-likeness (QED) is 0.600. The molecule has 2 aromatic carbocycles. The first-order valence-corrected chi connectivity index (χ1v) is 10.7. The molecule has 0 spiro atoms. The second kappa shape index (κ2) is 8.95. The van der Waals surface area contributed by atoms with Crippen molar-refractivity contribution in [3.05, 3.63) is 83.2 Å². The van der Waals surface area contributed by atoms with Crippen molar-refractivity contribution in [3.63, 3.8) is 0 Å². The molecule has 1 atom stereocenters. The fourth-order valence-electron chi connectivity index (χ4n) is 2.89. The van der Waals surface area contributed by atoms with Gasteiger partial charge in [-0.1, -0.05) is 23.7 Å². The van der Waals surface area contributed by atoms with E-state index in [1.807, 2.05) is 0 Å². The van der Waals surface area contributed by atoms with Gasteiger partial charge in [0.1, 0.15) is 17.7 Å². The number of amides is 1. The molecule has 1 amide bonds. The average molecular weight is 451 g/mol. The monoisotopic (exact) mass is 450 g/mol. The van der Waals surface area contributed by atoms with Gasteiger partial charge in [-0.2, -0.15) is 4.31 Å². The molecule has 1 aromatic heterocycles. The number of hydrogen-bond donors (Lipinski definition) is 1. The molecule has 30 heavy (non-hydrogen) atoms. The Balaban J connectivity index is 1.80. The molecule has 1 N–H and O–H groups in total. The minimum Gasteiger partial charge on any atom is -0.341 e. The Hall–Kier alpha value is -2.75. The van der Waals surface area contributed by atoms with E-state index in [0.717, 1.165) is 4.31 Å². The third kappa shape index (κ3) is 4.86. The number of likely N-dealkylation sites (N-methyl/N-ethyl adjacent to an activating group) is 1. The van der Waals surface area contributed by atoms with Gasteiger partial charge in [-0.3, -0.25) is 4.79 Å². The van der Waals surface area contributed by atoms with Crippen molar-refractivity contribution in [2.24, 2.45) is 7.05 Å². The maximum Gasteiger partial charge on any atom is 0.243 e. The van der Waals surface area contributed by atoms with Gasteiger partial charge in [0.15, 0.2) is 0 Å². The van der Waals surface area contributed by atoms with E-state index in [1.165, 1.54) is 43.4 Å². The van der Waals surface area contributed by atoms with Crippen LogP contribution in [0.2, 0.25) is 5.02 Å². The van der Waals surface area contributed by atoms with Crippen molar-refractivity contribution in [2.75, 3.05) is 13.6 Å². The van der Waals surface area contributed by atoms with Crippen molar-refractivity contribution in [1.29, 1.82) is 0 Å². The maximum absolute atomic E-state index is 13.3. The lowest BCUT2D eigenvalue weighted by molar-refractivity contribution is -0.121. The van der Waals surface area contributed by atoms with Gasteiger partial charge < -0.3 is 9.88 Å². The minimum atomic E-state index is -3.88. The van der Waals surface area contributed by atoms with Crippen LogP contribution in [-0.4, -0.2) is 41.8 Å². The first-order chi connectivity index (χ1) is 14.2. The summed E-state index contributed by atoms with van der Waals surface area (Å²) in [5, 5.41) is 3.20. The number of nitrogens with one attached hydrogen (secondary N) is 1. The number of nitrogens with zero attached hydrogens (tertiary/aromatic N) is 3. The number of carbonyl (C=O) groups excluding carboxylic acids is 1. The van der Waals surface area contributed by atoms with E-state index in [9.17, 15) is 17.6 Å². The van der Waals surface area contributed by atoms with Gasteiger partial charge in [0.25, 0.3) is 0 Å². The summed E-state index contributed by atoms with van der Waals surface area (Å²) in [7, 11) is -0.793. The fourth-order valence-corrected chi connectivity index (χ4v) is 4.14. The zero-order valence-corrected chi connectivity index (χ0v) is 17.9. The number of carbonyl (C=O) groups is 1. The standard InChI is InChI=1S/C20H20ClFN4O3S/c1-25-12-11-23-20(25)19(14-3-7-16(22)8-4-14)24-18(27)13-26(2)30(28,29)17-9-5-15(21)6-10-17/h3-12,19H,13H2,1-2H3,(H,24,27)/t19-/m0/s1. The van der Waals surface area contributed by atoms with Crippen LogP contribution in [0.3, 0.4) is 0 Å². The lowest BCUT2D eigenvalue weighted by atomic mass is 10.1. The Morgan fingerprint density at radius 3 is 2.40 bits per heavy atom. The molecule has 0 saturated carbocycles. The van der Waals surface area contributed by atoms with E-state index in [2.05, 4.69) is 10.3 Å². The van der Waals surface area contributed by atoms with E-state index in [4.69, 9.17) is 11.6 Å². The second-order valence-corrected chi connectivity index (χ2v) is 9.14. The van der Waals surface area contributed by atoms with Crippen LogP contribution >= 0.6 is 11.6 Å². The first kappa shape index (κ1) is 21.9. The van der Waals surface area contributed by atoms with Crippen molar-refractivity contribution in [1.82, 2.24) is 19.2 Å². The Kier molecular flexibility index (Phi) is 6.55. The van der Waals surface area contributed by atoms with Gasteiger partial charge in [-0.25, -0.2) is 17.8 Å². The molecule has 1 heterocycles. The summed E-state index contributed by atoms with van der Waals surface area (Å²) < 4.78 is 41.4. The maximum atomic E-state index is 13.3. The highest BCUT2D eigenvalue weighted by molar-refractivity contribution is 7.89. The number of aromatic nitrogens is 2. The third-order valence-electron chi connectivity index (χ3n) is 4.51. The first-order valence-electron chi connectivity index (χ1n) is 8.92. The molecule has 0 unspecified atom stereocenters. The third-order valence-corrected chi connectivity index (χ3v) is 6.58. The van der Waals surface area contributed by atoms with Crippen molar-refractivity contribution >= 4 is 27.5 Å². The van der Waals surface area contributed by atoms with Crippen LogP contribution in [-0.2, 0) is 21.9 Å². The van der Waals surface area contributed by atoms with E-state index in [-0.39, 0.29) is 4.90 Å². The zero-order chi connectivity index (χ0) is 21.9. The van der Waals surface area contributed by atoms with Crippen molar-refractivity contribution in [2.45, 2.75) is 10.9 Å². The number of rotatable bonds is 7. The van der Waals surface area contributed by atoms with Crippen LogP contribution in [0.15, 0.2) is 65.8 Å². The van der Waals surface area contributed by atoms with E-state index < -0.39 is 34.3 Å². The van der Waals surface area contributed by atoms with Crippen LogP contribution in [0, 0.1) is 5.82 Å². The van der Waals surface area contributed by atoms with Crippen LogP contribution in [0.5, 0.6) is 0 Å². The molecular weight excluding hydrogens is 431 g/mol. The SMILES string of the molecule is CN(CC(=O)N[C@@H](c1ccc(F)cc1)c1nccn1C)S(=O)(=O)c1ccc(Cl)cc1. The van der Waals surface area contributed by atoms with Crippen molar-refractivity contribution < 1.29 is 17.6 Å². The molecule has 10 heteroatoms. The number of hydrogen-bond acceptors (Lipinski definition) is 4. The lowest BCUT2D eigenvalue weighted by Gasteiger charge is -2.22. The Bertz CT molecular complexity index is 1130. The Morgan fingerprint density at radius 1 is 1.20 bits per heavy atom. The predicted octanol–water partition coefficient (Wildman–Crippen LogP) is 2.74. The molecule has 0 fully saturated rings. The van der Waals surface area contributed by atoms with Gasteiger partial charge in [0.05, 0.1) is 11.4 Å². The molecule has 7 nitrogen and oxygen atoms in total. The Labute approximate surface area is 179 Å².